The van der Waals surface area contributed by atoms with Crippen LogP contribution in [0.4, 0.5) is 5.69 Å². The summed E-state index contributed by atoms with van der Waals surface area (Å²) in [6.07, 6.45) is 1.69. The first-order valence-corrected chi connectivity index (χ1v) is 13.3. The van der Waals surface area contributed by atoms with Gasteiger partial charge in [-0.25, -0.2) is 4.79 Å². The normalized spacial score (nSPS) is 11.6. The van der Waals surface area contributed by atoms with Gasteiger partial charge in [-0.1, -0.05) is 61.0 Å². The van der Waals surface area contributed by atoms with E-state index < -0.39 is 12.0 Å². The van der Waals surface area contributed by atoms with Gasteiger partial charge >= 0.3 is 5.97 Å². The molecule has 38 heavy (non-hydrogen) atoms. The molecule has 1 heterocycles. The van der Waals surface area contributed by atoms with Crippen molar-refractivity contribution in [2.24, 2.45) is 5.92 Å². The van der Waals surface area contributed by atoms with Gasteiger partial charge < -0.3 is 19.9 Å². The number of ether oxygens (including phenoxy) is 1. The lowest BCUT2D eigenvalue weighted by molar-refractivity contribution is -0.113. The zero-order valence-corrected chi connectivity index (χ0v) is 23.4. The number of nitrogens with zero attached hydrogens (tertiary/aromatic N) is 3. The fourth-order valence-electron chi connectivity index (χ4n) is 3.53. The summed E-state index contributed by atoms with van der Waals surface area (Å²) in [6, 6.07) is 10.6. The molecule has 0 unspecified atom stereocenters. The number of esters is 1. The molecule has 1 atom stereocenters. The Kier molecular flexibility index (Phi) is 10.3. The zero-order chi connectivity index (χ0) is 27.8. The van der Waals surface area contributed by atoms with Crippen molar-refractivity contribution in [3.63, 3.8) is 0 Å². The number of anilines is 1. The predicted molar refractivity (Wildman–Crippen MR) is 149 cm³/mol. The summed E-state index contributed by atoms with van der Waals surface area (Å²) >= 11 is 13.4. The molecule has 2 N–H and O–H groups in total. The fraction of sp³-hybridized carbons (Fsp3) is 0.269. The molecule has 1 aromatic heterocycles. The Balaban J connectivity index is 1.75. The number of rotatable bonds is 11. The summed E-state index contributed by atoms with van der Waals surface area (Å²) in [4.78, 5) is 37.4. The maximum atomic E-state index is 13.0. The molecule has 200 valence electrons. The maximum absolute atomic E-state index is 13.0. The molecule has 0 fully saturated rings. The number of benzene rings is 2. The predicted octanol–water partition coefficient (Wildman–Crippen LogP) is 5.42. The number of allylic oxidation sites excluding steroid dienone is 1. The fourth-order valence-corrected chi connectivity index (χ4v) is 4.78. The minimum atomic E-state index is -0.495. The van der Waals surface area contributed by atoms with Crippen molar-refractivity contribution < 1.29 is 19.1 Å². The highest BCUT2D eigenvalue weighted by Gasteiger charge is 2.27. The van der Waals surface area contributed by atoms with Crippen LogP contribution in [0.2, 0.25) is 10.0 Å². The van der Waals surface area contributed by atoms with Gasteiger partial charge in [-0.2, -0.15) is 0 Å². The van der Waals surface area contributed by atoms with Crippen LogP contribution in [0.15, 0.2) is 60.3 Å². The SMILES string of the molecule is C=CCn1c(SCC(=O)Nc2cccc(C(=O)OC)c2)nnc1[C@H](NC(=O)c1ccc(Cl)cc1Cl)C(C)C. The molecule has 0 aliphatic rings. The number of thioether (sulfide) groups is 1. The van der Waals surface area contributed by atoms with Crippen molar-refractivity contribution in [1.82, 2.24) is 20.1 Å². The Morgan fingerprint density at radius 2 is 1.92 bits per heavy atom. The van der Waals surface area contributed by atoms with Crippen LogP contribution >= 0.6 is 35.0 Å². The topological polar surface area (TPSA) is 115 Å². The van der Waals surface area contributed by atoms with E-state index in [9.17, 15) is 14.4 Å². The van der Waals surface area contributed by atoms with Crippen LogP contribution in [-0.4, -0.2) is 45.4 Å². The number of hydrogen-bond donors (Lipinski definition) is 2. The summed E-state index contributed by atoms with van der Waals surface area (Å²) in [5.74, 6) is -0.644. The molecule has 0 radical (unpaired) electrons. The molecule has 0 saturated heterocycles. The number of nitrogens with one attached hydrogen (secondary N) is 2. The van der Waals surface area contributed by atoms with Crippen LogP contribution in [0.3, 0.4) is 0 Å². The van der Waals surface area contributed by atoms with E-state index in [1.54, 1.807) is 41.0 Å². The highest BCUT2D eigenvalue weighted by atomic mass is 35.5. The molecule has 3 aromatic rings. The van der Waals surface area contributed by atoms with Crippen molar-refractivity contribution in [1.29, 1.82) is 0 Å². The Morgan fingerprint density at radius 3 is 2.58 bits per heavy atom. The lowest BCUT2D eigenvalue weighted by atomic mass is 10.0. The quantitative estimate of drug-likeness (QED) is 0.178. The van der Waals surface area contributed by atoms with Gasteiger partial charge in [0.2, 0.25) is 5.91 Å². The minimum Gasteiger partial charge on any atom is -0.465 e. The van der Waals surface area contributed by atoms with Crippen LogP contribution in [0.25, 0.3) is 0 Å². The lowest BCUT2D eigenvalue weighted by Crippen LogP contribution is -2.34. The highest BCUT2D eigenvalue weighted by molar-refractivity contribution is 7.99. The molecule has 9 nitrogen and oxygen atoms in total. The molecule has 0 aliphatic heterocycles. The Morgan fingerprint density at radius 1 is 1.16 bits per heavy atom. The second kappa shape index (κ2) is 13.5. The molecule has 0 spiro atoms. The number of carbonyl (C=O) groups excluding carboxylic acids is 3. The van der Waals surface area contributed by atoms with E-state index in [-0.39, 0.29) is 28.5 Å². The van der Waals surface area contributed by atoms with Crippen molar-refractivity contribution in [3.05, 3.63) is 82.1 Å². The van der Waals surface area contributed by atoms with E-state index in [2.05, 4.69) is 27.4 Å². The number of methoxy groups -OCH3 is 1. The molecular weight excluding hydrogens is 549 g/mol. The molecule has 0 saturated carbocycles. The molecule has 3 rings (SSSR count). The first-order valence-electron chi connectivity index (χ1n) is 11.6. The second-order valence-electron chi connectivity index (χ2n) is 8.47. The third-order valence-corrected chi connectivity index (χ3v) is 6.88. The van der Waals surface area contributed by atoms with Crippen LogP contribution in [0.5, 0.6) is 0 Å². The van der Waals surface area contributed by atoms with Gasteiger partial charge in [0.15, 0.2) is 11.0 Å². The summed E-state index contributed by atoms with van der Waals surface area (Å²) in [5, 5.41) is 15.5. The van der Waals surface area contributed by atoms with E-state index >= 15 is 0 Å². The van der Waals surface area contributed by atoms with Crippen molar-refractivity contribution in [2.45, 2.75) is 31.6 Å². The molecule has 2 aromatic carbocycles. The summed E-state index contributed by atoms with van der Waals surface area (Å²) in [6.45, 7) is 8.08. The van der Waals surface area contributed by atoms with Crippen molar-refractivity contribution in [2.75, 3.05) is 18.2 Å². The Labute approximate surface area is 234 Å². The second-order valence-corrected chi connectivity index (χ2v) is 10.3. The third kappa shape index (κ3) is 7.37. The summed E-state index contributed by atoms with van der Waals surface area (Å²) < 4.78 is 6.52. The van der Waals surface area contributed by atoms with Crippen LogP contribution < -0.4 is 10.6 Å². The molecule has 2 amide bonds. The first-order chi connectivity index (χ1) is 18.1. The van der Waals surface area contributed by atoms with E-state index in [1.165, 1.54) is 31.0 Å². The molecule has 0 bridgehead atoms. The number of hydrogen-bond acceptors (Lipinski definition) is 7. The van der Waals surface area contributed by atoms with Crippen molar-refractivity contribution in [3.8, 4) is 0 Å². The van der Waals surface area contributed by atoms with E-state index in [1.807, 2.05) is 13.8 Å². The average Bonchev–Trinajstić information content (AvgIpc) is 3.27. The lowest BCUT2D eigenvalue weighted by Gasteiger charge is -2.23. The monoisotopic (exact) mass is 575 g/mol. The average molecular weight is 577 g/mol. The van der Waals surface area contributed by atoms with Gasteiger partial charge in [0.25, 0.3) is 5.91 Å². The maximum Gasteiger partial charge on any atom is 0.337 e. The number of amides is 2. The van der Waals surface area contributed by atoms with E-state index in [0.717, 1.165) is 0 Å². The largest absolute Gasteiger partial charge is 0.465 e. The van der Waals surface area contributed by atoms with Gasteiger partial charge in [0, 0.05) is 17.3 Å². The van der Waals surface area contributed by atoms with E-state index in [4.69, 9.17) is 27.9 Å². The van der Waals surface area contributed by atoms with Crippen LogP contribution in [0.1, 0.15) is 46.4 Å². The van der Waals surface area contributed by atoms with Gasteiger partial charge in [0.05, 0.1) is 35.1 Å². The summed E-state index contributed by atoms with van der Waals surface area (Å²) in [5.41, 5.74) is 1.09. The van der Waals surface area contributed by atoms with E-state index in [0.29, 0.717) is 39.4 Å². The Hall–Kier alpha value is -3.34. The zero-order valence-electron chi connectivity index (χ0n) is 21.0. The molecule has 0 aliphatic carbocycles. The molecular formula is C26H27Cl2N5O4S. The summed E-state index contributed by atoms with van der Waals surface area (Å²) in [7, 11) is 1.29. The standard InChI is InChI=1S/C26H27Cl2N5O4S/c1-5-11-33-23(22(15(2)3)30-24(35)19-10-9-17(27)13-20(19)28)31-32-26(33)38-14-21(34)29-18-8-6-7-16(12-18)25(36)37-4/h5-10,12-13,15,22H,1,11,14H2,2-4H3,(H,29,34)(H,30,35)/t22-/m1/s1. The Bertz CT molecular complexity index is 1340. The van der Waals surface area contributed by atoms with Gasteiger partial charge in [-0.15, -0.1) is 16.8 Å². The minimum absolute atomic E-state index is 0.0385. The number of carbonyl (C=O) groups is 3. The molecule has 12 heteroatoms. The highest BCUT2D eigenvalue weighted by Crippen LogP contribution is 2.27. The smallest absolute Gasteiger partial charge is 0.337 e. The van der Waals surface area contributed by atoms with Crippen LogP contribution in [-0.2, 0) is 16.1 Å². The third-order valence-electron chi connectivity index (χ3n) is 5.36. The first kappa shape index (κ1) is 29.2. The van der Waals surface area contributed by atoms with Crippen LogP contribution in [0, 0.1) is 5.92 Å². The number of halogens is 2. The van der Waals surface area contributed by atoms with Gasteiger partial charge in [0.1, 0.15) is 0 Å². The van der Waals surface area contributed by atoms with Gasteiger partial charge in [-0.05, 0) is 42.3 Å². The number of aromatic nitrogens is 3. The van der Waals surface area contributed by atoms with Gasteiger partial charge in [-0.3, -0.25) is 9.59 Å². The van der Waals surface area contributed by atoms with Crippen molar-refractivity contribution >= 4 is 58.4 Å².